The van der Waals surface area contributed by atoms with E-state index in [1.807, 2.05) is 18.0 Å². The van der Waals surface area contributed by atoms with Crippen LogP contribution in [-0.2, 0) is 6.54 Å². The highest BCUT2D eigenvalue weighted by Gasteiger charge is 2.52. The van der Waals surface area contributed by atoms with Crippen molar-refractivity contribution in [3.8, 4) is 0 Å². The third-order valence-electron chi connectivity index (χ3n) is 8.06. The summed E-state index contributed by atoms with van der Waals surface area (Å²) in [5, 5.41) is 4.49. The van der Waals surface area contributed by atoms with E-state index in [2.05, 4.69) is 69.0 Å². The molecule has 1 saturated heterocycles. The molecule has 1 fully saturated rings. The van der Waals surface area contributed by atoms with Crippen molar-refractivity contribution in [2.75, 3.05) is 51.1 Å². The number of quaternary nitrogens is 1. The predicted molar refractivity (Wildman–Crippen MR) is 146 cm³/mol. The van der Waals surface area contributed by atoms with E-state index < -0.39 is 0 Å². The summed E-state index contributed by atoms with van der Waals surface area (Å²) >= 11 is 0. The Morgan fingerprint density at radius 1 is 1.22 bits per heavy atom. The highest BCUT2D eigenvalue weighted by Crippen LogP contribution is 2.39. The Kier molecular flexibility index (Phi) is 5.98. The molecule has 188 valence electrons. The van der Waals surface area contributed by atoms with Gasteiger partial charge in [0.1, 0.15) is 19.2 Å². The number of hydrogen-bond acceptors (Lipinski definition) is 6. The van der Waals surface area contributed by atoms with Gasteiger partial charge >= 0.3 is 0 Å². The molecule has 0 spiro atoms. The molecule has 2 atom stereocenters. The first-order chi connectivity index (χ1) is 17.0. The average molecular weight is 486 g/mol. The molecule has 0 bridgehead atoms. The second-order valence-corrected chi connectivity index (χ2v) is 11.5. The minimum Gasteiger partial charge on any atom is -0.340 e. The molecule has 3 aromatic heterocycles. The Hall–Kier alpha value is -3.14. The monoisotopic (exact) mass is 486 g/mol. The van der Waals surface area contributed by atoms with Gasteiger partial charge in [-0.25, -0.2) is 4.98 Å². The highest BCUT2D eigenvalue weighted by molar-refractivity contribution is 6.36. The average Bonchev–Trinajstić information content (AvgIpc) is 3.48. The van der Waals surface area contributed by atoms with Gasteiger partial charge in [-0.2, -0.15) is 19.6 Å². The van der Waals surface area contributed by atoms with E-state index in [9.17, 15) is 0 Å². The summed E-state index contributed by atoms with van der Waals surface area (Å²) < 4.78 is 2.62. The lowest BCUT2D eigenvalue weighted by Gasteiger charge is -2.44. The molecular formula is C26H37BN9+. The SMILES string of the molecule is [B]c1cnn2c(N(C)Cc3nc4ccc(C)cc4[nH]3)nc(N3C[C@H](CCC)[C@](C)([N+](C)(C)C)C3)nc12. The maximum absolute atomic E-state index is 6.30. The van der Waals surface area contributed by atoms with Gasteiger partial charge in [-0.1, -0.05) is 19.4 Å². The maximum Gasteiger partial charge on any atom is 0.231 e. The Balaban J connectivity index is 1.51. The number of aromatic nitrogens is 6. The van der Waals surface area contributed by atoms with Crippen molar-refractivity contribution in [2.24, 2.45) is 5.92 Å². The van der Waals surface area contributed by atoms with Gasteiger partial charge in [0.15, 0.2) is 5.65 Å². The molecule has 1 N–H and O–H groups in total. The summed E-state index contributed by atoms with van der Waals surface area (Å²) in [6, 6.07) is 6.24. The molecule has 0 unspecified atom stereocenters. The Morgan fingerprint density at radius 3 is 2.72 bits per heavy atom. The number of aromatic amines is 1. The number of benzene rings is 1. The number of rotatable bonds is 7. The number of hydrogen-bond donors (Lipinski definition) is 1. The Morgan fingerprint density at radius 2 is 2.00 bits per heavy atom. The zero-order valence-corrected chi connectivity index (χ0v) is 22.6. The first-order valence-corrected chi connectivity index (χ1v) is 12.7. The Labute approximate surface area is 214 Å². The lowest BCUT2D eigenvalue weighted by molar-refractivity contribution is -0.923. The molecule has 0 saturated carbocycles. The van der Waals surface area contributed by atoms with E-state index in [0.29, 0.717) is 35.5 Å². The van der Waals surface area contributed by atoms with Gasteiger partial charge in [0.25, 0.3) is 0 Å². The molecule has 4 aromatic rings. The van der Waals surface area contributed by atoms with Crippen LogP contribution < -0.4 is 15.3 Å². The van der Waals surface area contributed by atoms with E-state index in [4.69, 9.17) is 22.8 Å². The van der Waals surface area contributed by atoms with Crippen LogP contribution in [0.1, 0.15) is 38.1 Å². The van der Waals surface area contributed by atoms with Crippen LogP contribution in [0.15, 0.2) is 24.4 Å². The fraction of sp³-hybridized carbons (Fsp3) is 0.538. The number of likely N-dealkylation sites (N-methyl/N-ethyl adjacent to an activating group) is 1. The number of nitrogens with one attached hydrogen (secondary N) is 1. The van der Waals surface area contributed by atoms with Crippen LogP contribution in [0.25, 0.3) is 16.7 Å². The number of H-pyrrole nitrogens is 1. The maximum atomic E-state index is 6.30. The number of imidazole rings is 1. The van der Waals surface area contributed by atoms with Crippen LogP contribution in [0, 0.1) is 12.8 Å². The molecule has 9 nitrogen and oxygen atoms in total. The van der Waals surface area contributed by atoms with E-state index in [-0.39, 0.29) is 5.54 Å². The molecule has 1 aliphatic rings. The van der Waals surface area contributed by atoms with Crippen molar-refractivity contribution in [3.05, 3.63) is 35.8 Å². The molecule has 1 aliphatic heterocycles. The summed E-state index contributed by atoms with van der Waals surface area (Å²) in [5.74, 6) is 2.81. The lowest BCUT2D eigenvalue weighted by atomic mass is 9.83. The third kappa shape index (κ3) is 4.11. The second-order valence-electron chi connectivity index (χ2n) is 11.5. The minimum absolute atomic E-state index is 0.0930. The molecule has 1 aromatic carbocycles. The zero-order chi connectivity index (χ0) is 25.8. The van der Waals surface area contributed by atoms with Gasteiger partial charge in [0.2, 0.25) is 11.9 Å². The van der Waals surface area contributed by atoms with Gasteiger partial charge in [0.05, 0.1) is 45.3 Å². The van der Waals surface area contributed by atoms with Gasteiger partial charge in [-0.3, -0.25) is 0 Å². The van der Waals surface area contributed by atoms with E-state index in [0.717, 1.165) is 40.9 Å². The first kappa shape index (κ1) is 24.6. The quantitative estimate of drug-likeness (QED) is 0.320. The number of aryl methyl sites for hydroxylation is 1. The standard InChI is InChI=1S/C26H37BN9/c1-8-9-18-14-34(16-26(18,3)36(5,6)7)24-31-23-19(27)13-28-35(23)25(32-24)33(4)15-22-29-20-11-10-17(2)12-21(20)30-22/h10-13,18H,8-9,14-16H2,1-7H3,(H,29,30)/q+1/t18-,26+/m0/s1. The van der Waals surface area contributed by atoms with Crippen LogP contribution in [0.3, 0.4) is 0 Å². The van der Waals surface area contributed by atoms with Crippen LogP contribution in [0.2, 0.25) is 0 Å². The molecule has 36 heavy (non-hydrogen) atoms. The van der Waals surface area contributed by atoms with Crippen LogP contribution in [0.5, 0.6) is 0 Å². The first-order valence-electron chi connectivity index (χ1n) is 12.7. The zero-order valence-electron chi connectivity index (χ0n) is 22.6. The number of anilines is 2. The summed E-state index contributed by atoms with van der Waals surface area (Å²) in [4.78, 5) is 22.5. The van der Waals surface area contributed by atoms with Crippen molar-refractivity contribution in [1.29, 1.82) is 0 Å². The largest absolute Gasteiger partial charge is 0.340 e. The number of fused-ring (bicyclic) bond motifs is 2. The van der Waals surface area contributed by atoms with Gasteiger partial charge in [-0.05, 0) is 43.4 Å². The summed E-state index contributed by atoms with van der Waals surface area (Å²) in [5.41, 5.74) is 4.47. The van der Waals surface area contributed by atoms with Crippen molar-refractivity contribution < 1.29 is 4.48 Å². The van der Waals surface area contributed by atoms with Gasteiger partial charge in [-0.15, -0.1) is 0 Å². The fourth-order valence-corrected chi connectivity index (χ4v) is 5.51. The molecule has 5 rings (SSSR count). The smallest absolute Gasteiger partial charge is 0.231 e. The lowest BCUT2D eigenvalue weighted by Crippen LogP contribution is -2.60. The Bertz CT molecular complexity index is 1400. The molecular weight excluding hydrogens is 449 g/mol. The summed E-state index contributed by atoms with van der Waals surface area (Å²) in [6.45, 7) is 9.11. The normalized spacial score (nSPS) is 20.6. The summed E-state index contributed by atoms with van der Waals surface area (Å²) in [7, 11) is 15.2. The minimum atomic E-state index is 0.0930. The van der Waals surface area contributed by atoms with E-state index >= 15 is 0 Å². The van der Waals surface area contributed by atoms with Crippen LogP contribution in [-0.4, -0.2) is 88.7 Å². The van der Waals surface area contributed by atoms with E-state index in [1.54, 1.807) is 10.7 Å². The fourth-order valence-electron chi connectivity index (χ4n) is 5.51. The molecule has 2 radical (unpaired) electrons. The van der Waals surface area contributed by atoms with Crippen molar-refractivity contribution in [2.45, 2.75) is 45.7 Å². The second kappa shape index (κ2) is 8.76. The van der Waals surface area contributed by atoms with E-state index in [1.165, 1.54) is 12.0 Å². The van der Waals surface area contributed by atoms with Crippen LogP contribution >= 0.6 is 0 Å². The topological polar surface area (TPSA) is 78.2 Å². The molecule has 0 aliphatic carbocycles. The third-order valence-corrected chi connectivity index (χ3v) is 8.06. The summed E-state index contributed by atoms with van der Waals surface area (Å²) in [6.07, 6.45) is 3.99. The molecule has 0 amide bonds. The van der Waals surface area contributed by atoms with Crippen molar-refractivity contribution in [3.63, 3.8) is 0 Å². The van der Waals surface area contributed by atoms with Gasteiger partial charge in [0, 0.05) is 25.7 Å². The predicted octanol–water partition coefficient (Wildman–Crippen LogP) is 2.44. The van der Waals surface area contributed by atoms with Crippen LogP contribution in [0.4, 0.5) is 11.9 Å². The van der Waals surface area contributed by atoms with Crippen molar-refractivity contribution in [1.82, 2.24) is 29.5 Å². The van der Waals surface area contributed by atoms with Crippen molar-refractivity contribution >= 4 is 41.9 Å². The number of nitrogens with zero attached hydrogens (tertiary/aromatic N) is 8. The van der Waals surface area contributed by atoms with Gasteiger partial charge < -0.3 is 19.3 Å². The molecule has 4 heterocycles. The highest BCUT2D eigenvalue weighted by atomic mass is 15.5. The molecule has 10 heteroatoms.